The Morgan fingerprint density at radius 1 is 1.05 bits per heavy atom. The zero-order valence-electron chi connectivity index (χ0n) is 10.8. The lowest BCUT2D eigenvalue weighted by Crippen LogP contribution is -2.37. The number of imide groups is 1. The number of aromatic hydroxyl groups is 1. The molecule has 0 aliphatic carbocycles. The monoisotopic (exact) mass is 277 g/mol. The van der Waals surface area contributed by atoms with Gasteiger partial charge in [-0.25, -0.2) is 4.79 Å². The summed E-state index contributed by atoms with van der Waals surface area (Å²) in [6, 6.07) is 3.69. The summed E-state index contributed by atoms with van der Waals surface area (Å²) in [5.74, 6) is -2.37. The number of aromatic carboxylic acids is 1. The predicted octanol–water partition coefficient (Wildman–Crippen LogP) is 1.91. The van der Waals surface area contributed by atoms with Crippen LogP contribution in [0.5, 0.6) is 5.75 Å². The standard InChI is InChI=1S/C14H15NO5/c16-11-8-9(6-7-10(11)14(19)20)15-12(17)4-2-1-3-5-13(15)18/h6-8,16H,1-5H2,(H,19,20). The fourth-order valence-corrected chi connectivity index (χ4v) is 2.22. The fraction of sp³-hybridized carbons (Fsp3) is 0.357. The molecule has 2 amide bonds. The second kappa shape index (κ2) is 5.73. The molecule has 0 bridgehead atoms. The van der Waals surface area contributed by atoms with Crippen molar-refractivity contribution in [3.05, 3.63) is 23.8 Å². The SMILES string of the molecule is O=C(O)c1ccc(N2C(=O)CCCCCC2=O)cc1O. The van der Waals surface area contributed by atoms with Crippen molar-refractivity contribution in [1.29, 1.82) is 0 Å². The van der Waals surface area contributed by atoms with E-state index in [1.54, 1.807) is 0 Å². The summed E-state index contributed by atoms with van der Waals surface area (Å²) >= 11 is 0. The van der Waals surface area contributed by atoms with Gasteiger partial charge in [0.1, 0.15) is 11.3 Å². The van der Waals surface area contributed by atoms with E-state index >= 15 is 0 Å². The van der Waals surface area contributed by atoms with Gasteiger partial charge < -0.3 is 10.2 Å². The first-order valence-electron chi connectivity index (χ1n) is 6.43. The van der Waals surface area contributed by atoms with Gasteiger partial charge in [-0.2, -0.15) is 0 Å². The van der Waals surface area contributed by atoms with Gasteiger partial charge in [0.05, 0.1) is 5.69 Å². The van der Waals surface area contributed by atoms with Crippen LogP contribution >= 0.6 is 0 Å². The fourth-order valence-electron chi connectivity index (χ4n) is 2.22. The van der Waals surface area contributed by atoms with Crippen LogP contribution in [0.15, 0.2) is 18.2 Å². The highest BCUT2D eigenvalue weighted by atomic mass is 16.4. The largest absolute Gasteiger partial charge is 0.507 e. The molecule has 0 aromatic heterocycles. The van der Waals surface area contributed by atoms with E-state index in [2.05, 4.69) is 0 Å². The third-order valence-corrected chi connectivity index (χ3v) is 3.25. The topological polar surface area (TPSA) is 94.9 Å². The third-order valence-electron chi connectivity index (χ3n) is 3.25. The van der Waals surface area contributed by atoms with Crippen molar-refractivity contribution in [1.82, 2.24) is 0 Å². The smallest absolute Gasteiger partial charge is 0.339 e. The summed E-state index contributed by atoms with van der Waals surface area (Å²) in [6.07, 6.45) is 2.83. The normalized spacial score (nSPS) is 16.7. The van der Waals surface area contributed by atoms with E-state index in [0.29, 0.717) is 0 Å². The zero-order chi connectivity index (χ0) is 14.7. The van der Waals surface area contributed by atoms with Crippen LogP contribution in [0.25, 0.3) is 0 Å². The number of phenols is 1. The second-order valence-electron chi connectivity index (χ2n) is 4.69. The van der Waals surface area contributed by atoms with E-state index in [9.17, 15) is 19.5 Å². The predicted molar refractivity (Wildman–Crippen MR) is 70.6 cm³/mol. The number of carbonyl (C=O) groups excluding carboxylic acids is 2. The van der Waals surface area contributed by atoms with Gasteiger partial charge >= 0.3 is 5.97 Å². The first-order chi connectivity index (χ1) is 9.50. The van der Waals surface area contributed by atoms with Crippen LogP contribution in [0, 0.1) is 0 Å². The molecule has 1 aliphatic rings. The minimum atomic E-state index is -1.26. The summed E-state index contributed by atoms with van der Waals surface area (Å²) in [4.78, 5) is 35.9. The van der Waals surface area contributed by atoms with E-state index in [0.717, 1.165) is 30.2 Å². The highest BCUT2D eigenvalue weighted by Gasteiger charge is 2.25. The molecule has 0 radical (unpaired) electrons. The van der Waals surface area contributed by atoms with Gasteiger partial charge in [-0.15, -0.1) is 0 Å². The first kappa shape index (κ1) is 14.0. The number of amides is 2. The summed E-state index contributed by atoms with van der Waals surface area (Å²) < 4.78 is 0. The lowest BCUT2D eigenvalue weighted by Gasteiger charge is -2.23. The Kier molecular flexibility index (Phi) is 4.02. The lowest BCUT2D eigenvalue weighted by atomic mass is 10.1. The third kappa shape index (κ3) is 2.79. The van der Waals surface area contributed by atoms with Crippen LogP contribution in [0.2, 0.25) is 0 Å². The van der Waals surface area contributed by atoms with Crippen LogP contribution in [0.3, 0.4) is 0 Å². The van der Waals surface area contributed by atoms with Gasteiger partial charge in [0, 0.05) is 18.9 Å². The Balaban J connectivity index is 2.36. The zero-order valence-corrected chi connectivity index (χ0v) is 10.8. The van der Waals surface area contributed by atoms with Crippen molar-refractivity contribution in [2.45, 2.75) is 32.1 Å². The van der Waals surface area contributed by atoms with Crippen molar-refractivity contribution in [2.75, 3.05) is 4.90 Å². The summed E-state index contributed by atoms with van der Waals surface area (Å²) in [5, 5.41) is 18.5. The number of carboxylic acid groups (broad SMARTS) is 1. The molecule has 0 unspecified atom stereocenters. The summed E-state index contributed by atoms with van der Waals surface area (Å²) in [5.41, 5.74) is -0.0508. The molecule has 1 aliphatic heterocycles. The molecule has 0 saturated carbocycles. The van der Waals surface area contributed by atoms with E-state index in [1.165, 1.54) is 12.1 Å². The molecule has 6 heteroatoms. The van der Waals surface area contributed by atoms with E-state index < -0.39 is 11.7 Å². The van der Waals surface area contributed by atoms with Crippen LogP contribution in [0.4, 0.5) is 5.69 Å². The highest BCUT2D eigenvalue weighted by Crippen LogP contribution is 2.27. The van der Waals surface area contributed by atoms with Crippen molar-refractivity contribution in [3.63, 3.8) is 0 Å². The number of anilines is 1. The van der Waals surface area contributed by atoms with Crippen molar-refractivity contribution >= 4 is 23.5 Å². The Labute approximate surface area is 115 Å². The lowest BCUT2D eigenvalue weighted by molar-refractivity contribution is -0.127. The van der Waals surface area contributed by atoms with E-state index in [1.807, 2.05) is 0 Å². The van der Waals surface area contributed by atoms with Gasteiger partial charge in [0.2, 0.25) is 11.8 Å². The number of hydrogen-bond donors (Lipinski definition) is 2. The summed E-state index contributed by atoms with van der Waals surface area (Å²) in [7, 11) is 0. The Morgan fingerprint density at radius 3 is 2.15 bits per heavy atom. The maximum Gasteiger partial charge on any atom is 0.339 e. The molecule has 1 heterocycles. The van der Waals surface area contributed by atoms with Crippen LogP contribution in [-0.2, 0) is 9.59 Å². The molecule has 2 rings (SSSR count). The quantitative estimate of drug-likeness (QED) is 0.805. The number of rotatable bonds is 2. The molecule has 0 spiro atoms. The van der Waals surface area contributed by atoms with E-state index in [-0.39, 0.29) is 35.9 Å². The second-order valence-corrected chi connectivity index (χ2v) is 4.69. The van der Waals surface area contributed by atoms with Crippen molar-refractivity contribution in [3.8, 4) is 5.75 Å². The Morgan fingerprint density at radius 2 is 1.65 bits per heavy atom. The minimum absolute atomic E-state index is 0.212. The molecule has 20 heavy (non-hydrogen) atoms. The molecule has 2 N–H and O–H groups in total. The number of benzene rings is 1. The number of nitrogens with zero attached hydrogens (tertiary/aromatic N) is 1. The molecule has 6 nitrogen and oxygen atoms in total. The molecular formula is C14H15NO5. The van der Waals surface area contributed by atoms with Crippen LogP contribution in [-0.4, -0.2) is 28.0 Å². The Bertz CT molecular complexity index is 549. The highest BCUT2D eigenvalue weighted by molar-refractivity contribution is 6.15. The van der Waals surface area contributed by atoms with Crippen LogP contribution < -0.4 is 4.90 Å². The first-order valence-corrected chi connectivity index (χ1v) is 6.43. The molecule has 0 atom stereocenters. The van der Waals surface area contributed by atoms with Gasteiger partial charge in [-0.05, 0) is 25.0 Å². The van der Waals surface area contributed by atoms with Gasteiger partial charge in [0.15, 0.2) is 0 Å². The van der Waals surface area contributed by atoms with Gasteiger partial charge in [-0.1, -0.05) is 6.42 Å². The molecule has 106 valence electrons. The molecule has 1 saturated heterocycles. The van der Waals surface area contributed by atoms with Crippen molar-refractivity contribution < 1.29 is 24.6 Å². The number of hydrogen-bond acceptors (Lipinski definition) is 4. The van der Waals surface area contributed by atoms with Crippen LogP contribution in [0.1, 0.15) is 42.5 Å². The van der Waals surface area contributed by atoms with Gasteiger partial charge in [-0.3, -0.25) is 14.5 Å². The molecule has 1 fully saturated rings. The Hall–Kier alpha value is -2.37. The molecule has 1 aromatic rings. The maximum absolute atomic E-state index is 12.0. The van der Waals surface area contributed by atoms with Crippen molar-refractivity contribution in [2.24, 2.45) is 0 Å². The number of carboxylic acids is 1. The average Bonchev–Trinajstić information content (AvgIpc) is 2.36. The maximum atomic E-state index is 12.0. The molecular weight excluding hydrogens is 262 g/mol. The van der Waals surface area contributed by atoms with Gasteiger partial charge in [0.25, 0.3) is 0 Å². The molecule has 1 aromatic carbocycles. The summed E-state index contributed by atoms with van der Waals surface area (Å²) in [6.45, 7) is 0. The number of carbonyl (C=O) groups is 3. The average molecular weight is 277 g/mol. The minimum Gasteiger partial charge on any atom is -0.507 e. The van der Waals surface area contributed by atoms with E-state index in [4.69, 9.17) is 5.11 Å².